The Kier molecular flexibility index (Phi) is 8.37. The summed E-state index contributed by atoms with van der Waals surface area (Å²) in [5, 5.41) is 1.17. The van der Waals surface area contributed by atoms with E-state index in [0.717, 1.165) is 22.3 Å². The third-order valence-electron chi connectivity index (χ3n) is 5.65. The molecule has 0 unspecified atom stereocenters. The van der Waals surface area contributed by atoms with E-state index in [1.807, 2.05) is 98.8 Å². The van der Waals surface area contributed by atoms with E-state index in [-0.39, 0.29) is 0 Å². The first kappa shape index (κ1) is 25.1. The van der Waals surface area contributed by atoms with Crippen LogP contribution in [0.25, 0.3) is 0 Å². The van der Waals surface area contributed by atoms with Crippen molar-refractivity contribution in [2.24, 2.45) is 5.73 Å². The molecule has 4 aromatic rings. The monoisotopic (exact) mass is 505 g/mol. The average Bonchev–Trinajstić information content (AvgIpc) is 2.87. The van der Waals surface area contributed by atoms with Gasteiger partial charge in [0.1, 0.15) is 11.5 Å². The lowest BCUT2D eigenvalue weighted by molar-refractivity contribution is 0.109. The second-order valence-electron chi connectivity index (χ2n) is 8.25. The lowest BCUT2D eigenvalue weighted by atomic mass is 9.95. The summed E-state index contributed by atoms with van der Waals surface area (Å²) in [7, 11) is -1.13. The molecule has 4 aromatic carbocycles. The summed E-state index contributed by atoms with van der Waals surface area (Å²) in [4.78, 5) is 0. The third-order valence-corrected chi connectivity index (χ3v) is 6.46. The molecule has 0 heterocycles. The van der Waals surface area contributed by atoms with Gasteiger partial charge < -0.3 is 19.7 Å². The minimum atomic E-state index is -1.13. The first-order chi connectivity index (χ1) is 16.9. The normalized spacial score (nSPS) is 12.6. The third kappa shape index (κ3) is 6.59. The Morgan fingerprint density at radius 3 is 1.57 bits per heavy atom. The van der Waals surface area contributed by atoms with E-state index in [2.05, 4.69) is 0 Å². The molecular formula is C28H26BCl2NO3. The lowest BCUT2D eigenvalue weighted by Crippen LogP contribution is -2.38. The number of hydrogen-bond donors (Lipinski definition) is 1. The molecule has 0 amide bonds. The van der Waals surface area contributed by atoms with Gasteiger partial charge in [-0.3, -0.25) is 0 Å². The fourth-order valence-electron chi connectivity index (χ4n) is 3.58. The maximum atomic E-state index is 6.72. The van der Waals surface area contributed by atoms with Gasteiger partial charge in [-0.15, -0.1) is 0 Å². The van der Waals surface area contributed by atoms with E-state index in [1.54, 1.807) is 12.1 Å². The second kappa shape index (κ2) is 11.7. The maximum Gasteiger partial charge on any atom is 0.788 e. The van der Waals surface area contributed by atoms with Crippen LogP contribution in [0.4, 0.5) is 0 Å². The smallest absolute Gasteiger partial charge is 0.501 e. The molecule has 4 nitrogen and oxygen atoms in total. The first-order valence-corrected chi connectivity index (χ1v) is 12.0. The molecule has 7 heteroatoms. The van der Waals surface area contributed by atoms with Gasteiger partial charge >= 0.3 is 7.32 Å². The lowest BCUT2D eigenvalue weighted by Gasteiger charge is -2.28. The largest absolute Gasteiger partial charge is 0.788 e. The molecule has 0 aromatic heterocycles. The number of nitrogens with two attached hydrogens (primary N) is 1. The molecule has 0 fully saturated rings. The van der Waals surface area contributed by atoms with Crippen LogP contribution in [0, 0.1) is 13.8 Å². The van der Waals surface area contributed by atoms with Crippen LogP contribution < -0.4 is 15.0 Å². The summed E-state index contributed by atoms with van der Waals surface area (Å²) in [6.45, 7) is 3.85. The van der Waals surface area contributed by atoms with Crippen LogP contribution in [0.5, 0.6) is 11.5 Å². The highest BCUT2D eigenvalue weighted by Crippen LogP contribution is 2.33. The molecule has 2 atom stereocenters. The summed E-state index contributed by atoms with van der Waals surface area (Å²) in [5.74, 6) is 1.01. The fraction of sp³-hybridized carbons (Fsp3) is 0.143. The fourth-order valence-corrected chi connectivity index (χ4v) is 3.92. The summed E-state index contributed by atoms with van der Waals surface area (Å²) < 4.78 is 18.7. The topological polar surface area (TPSA) is 53.7 Å². The van der Waals surface area contributed by atoms with Gasteiger partial charge in [-0.05, 0) is 60.4 Å². The van der Waals surface area contributed by atoms with Crippen LogP contribution in [0.1, 0.15) is 34.4 Å². The van der Waals surface area contributed by atoms with Crippen molar-refractivity contribution >= 4 is 30.5 Å². The Morgan fingerprint density at radius 1 is 0.657 bits per heavy atom. The molecule has 4 rings (SSSR count). The average molecular weight is 506 g/mol. The molecule has 35 heavy (non-hydrogen) atoms. The Bertz CT molecular complexity index is 1200. The molecular weight excluding hydrogens is 480 g/mol. The molecule has 0 saturated carbocycles. The molecule has 2 N–H and O–H groups in total. The summed E-state index contributed by atoms with van der Waals surface area (Å²) >= 11 is 12.7. The highest BCUT2D eigenvalue weighted by Gasteiger charge is 2.35. The first-order valence-electron chi connectivity index (χ1n) is 11.3. The molecule has 0 aliphatic rings. The van der Waals surface area contributed by atoms with Crippen molar-refractivity contribution in [2.75, 3.05) is 0 Å². The van der Waals surface area contributed by atoms with Gasteiger partial charge in [-0.2, -0.15) is 0 Å². The van der Waals surface area contributed by atoms with E-state index in [4.69, 9.17) is 42.9 Å². The van der Waals surface area contributed by atoms with Gasteiger partial charge in [0.2, 0.25) is 0 Å². The van der Waals surface area contributed by atoms with Crippen molar-refractivity contribution in [3.05, 3.63) is 129 Å². The Morgan fingerprint density at radius 2 is 1.11 bits per heavy atom. The van der Waals surface area contributed by atoms with Crippen LogP contribution in [0.3, 0.4) is 0 Å². The van der Waals surface area contributed by atoms with Gasteiger partial charge in [-0.25, -0.2) is 0 Å². The van der Waals surface area contributed by atoms with Crippen molar-refractivity contribution < 1.29 is 14.0 Å². The van der Waals surface area contributed by atoms with Gasteiger partial charge in [0, 0.05) is 10.0 Å². The molecule has 0 saturated heterocycles. The van der Waals surface area contributed by atoms with E-state index < -0.39 is 19.5 Å². The predicted molar refractivity (Wildman–Crippen MR) is 143 cm³/mol. The molecule has 0 spiro atoms. The van der Waals surface area contributed by atoms with Gasteiger partial charge in [0.05, 0.1) is 12.1 Å². The highest BCUT2D eigenvalue weighted by atomic mass is 35.5. The zero-order valence-electron chi connectivity index (χ0n) is 19.5. The van der Waals surface area contributed by atoms with Crippen LogP contribution in [-0.2, 0) is 4.65 Å². The molecule has 0 bridgehead atoms. The van der Waals surface area contributed by atoms with Crippen LogP contribution in [0.2, 0.25) is 10.0 Å². The number of hydrogen-bond acceptors (Lipinski definition) is 4. The molecule has 0 aliphatic carbocycles. The Hall–Kier alpha value is -2.96. The molecule has 0 radical (unpaired) electrons. The van der Waals surface area contributed by atoms with Crippen LogP contribution in [0.15, 0.2) is 97.1 Å². The van der Waals surface area contributed by atoms with E-state index in [1.165, 1.54) is 0 Å². The van der Waals surface area contributed by atoms with Crippen molar-refractivity contribution in [1.29, 1.82) is 0 Å². The predicted octanol–water partition coefficient (Wildman–Crippen LogP) is 7.51. The standard InChI is InChI=1S/C28H26BCl2NO3/c1-19-13-15-23(17-25(19)30)33-29(34-24-16-14-20(2)26(31)18-24)35-28(22-11-7-4-8-12-22)27(32)21-9-5-3-6-10-21/h3-18,27-28H,32H2,1-2H3/t27-,28-/m0/s1. The Labute approximate surface area is 216 Å². The number of halogens is 2. The van der Waals surface area contributed by atoms with Gasteiger partial charge in [0.25, 0.3) is 0 Å². The van der Waals surface area contributed by atoms with Crippen molar-refractivity contribution in [1.82, 2.24) is 0 Å². The minimum Gasteiger partial charge on any atom is -0.501 e. The van der Waals surface area contributed by atoms with Gasteiger partial charge in [0.15, 0.2) is 0 Å². The molecule has 178 valence electrons. The van der Waals surface area contributed by atoms with E-state index >= 15 is 0 Å². The van der Waals surface area contributed by atoms with Crippen molar-refractivity contribution in [3.8, 4) is 11.5 Å². The number of benzene rings is 4. The van der Waals surface area contributed by atoms with E-state index in [9.17, 15) is 0 Å². The maximum absolute atomic E-state index is 6.72. The Balaban J connectivity index is 1.68. The van der Waals surface area contributed by atoms with Crippen LogP contribution >= 0.6 is 23.2 Å². The summed E-state index contributed by atoms with van der Waals surface area (Å²) in [6.07, 6.45) is -0.564. The van der Waals surface area contributed by atoms with Crippen molar-refractivity contribution in [2.45, 2.75) is 26.0 Å². The van der Waals surface area contributed by atoms with Gasteiger partial charge in [-0.1, -0.05) is 96.0 Å². The quantitative estimate of drug-likeness (QED) is 0.239. The zero-order valence-corrected chi connectivity index (χ0v) is 21.0. The second-order valence-corrected chi connectivity index (χ2v) is 9.06. The number of aryl methyl sites for hydroxylation is 2. The molecule has 0 aliphatic heterocycles. The zero-order chi connectivity index (χ0) is 24.8. The minimum absolute atomic E-state index is 0.475. The number of rotatable bonds is 9. The highest BCUT2D eigenvalue weighted by molar-refractivity contribution is 6.39. The van der Waals surface area contributed by atoms with E-state index in [0.29, 0.717) is 21.5 Å². The van der Waals surface area contributed by atoms with Crippen LogP contribution in [-0.4, -0.2) is 7.32 Å². The summed E-state index contributed by atoms with van der Waals surface area (Å²) in [5.41, 5.74) is 10.4. The SMILES string of the molecule is Cc1ccc(OB(Oc2ccc(C)c(Cl)c2)O[C@@H](c2ccccc2)[C@@H](N)c2ccccc2)cc1Cl. The van der Waals surface area contributed by atoms with Crippen molar-refractivity contribution in [3.63, 3.8) is 0 Å². The summed E-state index contributed by atoms with van der Waals surface area (Å²) in [6, 6.07) is 29.9.